The van der Waals surface area contributed by atoms with E-state index in [0.717, 1.165) is 22.3 Å². The van der Waals surface area contributed by atoms with Gasteiger partial charge in [-0.3, -0.25) is 0 Å². The van der Waals surface area contributed by atoms with Crippen LogP contribution in [0.4, 0.5) is 0 Å². The van der Waals surface area contributed by atoms with E-state index in [4.69, 9.17) is 9.47 Å². The van der Waals surface area contributed by atoms with E-state index in [1.807, 2.05) is 37.3 Å². The van der Waals surface area contributed by atoms with Crippen molar-refractivity contribution in [3.63, 3.8) is 0 Å². The zero-order valence-corrected chi connectivity index (χ0v) is 12.1. The van der Waals surface area contributed by atoms with Crippen LogP contribution in [0.1, 0.15) is 23.0 Å². The summed E-state index contributed by atoms with van der Waals surface area (Å²) in [6.07, 6.45) is -0.974. The van der Waals surface area contributed by atoms with Crippen LogP contribution in [0.25, 0.3) is 11.1 Å². The average Bonchev–Trinajstić information content (AvgIpc) is 2.46. The molecule has 0 amide bonds. The van der Waals surface area contributed by atoms with Gasteiger partial charge in [0.25, 0.3) is 0 Å². The van der Waals surface area contributed by atoms with Crippen molar-refractivity contribution < 1.29 is 14.6 Å². The van der Waals surface area contributed by atoms with Gasteiger partial charge in [0.2, 0.25) is 0 Å². The summed E-state index contributed by atoms with van der Waals surface area (Å²) in [5.74, 6) is 0. The molecule has 2 aromatic carbocycles. The molecule has 0 fully saturated rings. The Morgan fingerprint density at radius 3 is 2.40 bits per heavy atom. The first-order chi connectivity index (χ1) is 9.65. The second kappa shape index (κ2) is 6.66. The van der Waals surface area contributed by atoms with Gasteiger partial charge in [-0.1, -0.05) is 42.5 Å². The summed E-state index contributed by atoms with van der Waals surface area (Å²) in [6.45, 7) is 4.14. The van der Waals surface area contributed by atoms with Crippen molar-refractivity contribution in [1.29, 1.82) is 0 Å². The Kier molecular flexibility index (Phi) is 4.90. The van der Waals surface area contributed by atoms with Gasteiger partial charge in [-0.05, 0) is 36.1 Å². The van der Waals surface area contributed by atoms with Crippen molar-refractivity contribution in [2.75, 3.05) is 13.9 Å². The minimum Gasteiger partial charge on any atom is -0.364 e. The van der Waals surface area contributed by atoms with E-state index < -0.39 is 6.29 Å². The highest BCUT2D eigenvalue weighted by Gasteiger charge is 2.15. The minimum atomic E-state index is -0.974. The second-order valence-electron chi connectivity index (χ2n) is 4.76. The first-order valence-corrected chi connectivity index (χ1v) is 6.59. The first-order valence-electron chi connectivity index (χ1n) is 6.59. The lowest BCUT2D eigenvalue weighted by molar-refractivity contribution is -0.164. The fraction of sp³-hybridized carbons (Fsp3) is 0.294. The predicted molar refractivity (Wildman–Crippen MR) is 79.3 cm³/mol. The fourth-order valence-corrected chi connectivity index (χ4v) is 2.40. The van der Waals surface area contributed by atoms with Gasteiger partial charge in [-0.25, -0.2) is 0 Å². The van der Waals surface area contributed by atoms with Crippen molar-refractivity contribution in [2.24, 2.45) is 0 Å². The van der Waals surface area contributed by atoms with Crippen molar-refractivity contribution >= 4 is 0 Å². The minimum absolute atomic E-state index is 0.0646. The summed E-state index contributed by atoms with van der Waals surface area (Å²) in [4.78, 5) is 0. The lowest BCUT2D eigenvalue weighted by Crippen LogP contribution is -2.08. The summed E-state index contributed by atoms with van der Waals surface area (Å²) < 4.78 is 10.1. The SMILES string of the molecule is COCOC(O)c1ccc(C)c(-c2ccccc2)c1C. The molecule has 0 aliphatic carbocycles. The van der Waals surface area contributed by atoms with Gasteiger partial charge in [0.1, 0.15) is 6.79 Å². The number of aryl methyl sites for hydroxylation is 1. The standard InChI is InChI=1S/C17H20O3/c1-12-9-10-15(17(18)20-11-19-3)13(2)16(12)14-7-5-4-6-8-14/h4-10,17-18H,11H2,1-3H3. The second-order valence-corrected chi connectivity index (χ2v) is 4.76. The maximum Gasteiger partial charge on any atom is 0.184 e. The van der Waals surface area contributed by atoms with Crippen LogP contribution < -0.4 is 0 Å². The molecule has 2 aromatic rings. The molecular formula is C17H20O3. The van der Waals surface area contributed by atoms with Crippen molar-refractivity contribution in [1.82, 2.24) is 0 Å². The third-order valence-corrected chi connectivity index (χ3v) is 3.39. The number of rotatable bonds is 5. The van der Waals surface area contributed by atoms with Gasteiger partial charge in [0, 0.05) is 12.7 Å². The highest BCUT2D eigenvalue weighted by atomic mass is 16.7. The Morgan fingerprint density at radius 1 is 1.05 bits per heavy atom. The van der Waals surface area contributed by atoms with Crippen LogP contribution in [0.2, 0.25) is 0 Å². The Balaban J connectivity index is 2.43. The fourth-order valence-electron chi connectivity index (χ4n) is 2.40. The lowest BCUT2D eigenvalue weighted by Gasteiger charge is -2.18. The van der Waals surface area contributed by atoms with Gasteiger partial charge in [-0.15, -0.1) is 0 Å². The van der Waals surface area contributed by atoms with E-state index in [1.165, 1.54) is 12.7 Å². The number of hydrogen-bond acceptors (Lipinski definition) is 3. The predicted octanol–water partition coefficient (Wildman–Crippen LogP) is 3.58. The van der Waals surface area contributed by atoms with Gasteiger partial charge >= 0.3 is 0 Å². The van der Waals surface area contributed by atoms with Crippen molar-refractivity contribution in [3.8, 4) is 11.1 Å². The average molecular weight is 272 g/mol. The molecule has 0 heterocycles. The number of ether oxygens (including phenoxy) is 2. The van der Waals surface area contributed by atoms with Crippen LogP contribution in [-0.4, -0.2) is 19.0 Å². The summed E-state index contributed by atoms with van der Waals surface area (Å²) in [5.41, 5.74) is 5.26. The molecular weight excluding hydrogens is 252 g/mol. The molecule has 0 spiro atoms. The van der Waals surface area contributed by atoms with E-state index in [0.29, 0.717) is 0 Å². The molecule has 0 radical (unpaired) electrons. The Labute approximate surface area is 119 Å². The molecule has 2 rings (SSSR count). The highest BCUT2D eigenvalue weighted by molar-refractivity contribution is 5.72. The van der Waals surface area contributed by atoms with Gasteiger partial charge < -0.3 is 14.6 Å². The van der Waals surface area contributed by atoms with Crippen LogP contribution in [-0.2, 0) is 9.47 Å². The smallest absolute Gasteiger partial charge is 0.184 e. The first kappa shape index (κ1) is 14.7. The molecule has 106 valence electrons. The molecule has 20 heavy (non-hydrogen) atoms. The van der Waals surface area contributed by atoms with E-state index in [1.54, 1.807) is 0 Å². The molecule has 0 bridgehead atoms. The topological polar surface area (TPSA) is 38.7 Å². The monoisotopic (exact) mass is 272 g/mol. The van der Waals surface area contributed by atoms with Crippen molar-refractivity contribution in [3.05, 3.63) is 59.2 Å². The largest absolute Gasteiger partial charge is 0.364 e. The van der Waals surface area contributed by atoms with Crippen LogP contribution >= 0.6 is 0 Å². The van der Waals surface area contributed by atoms with Crippen LogP contribution in [0, 0.1) is 13.8 Å². The van der Waals surface area contributed by atoms with Gasteiger partial charge in [0.15, 0.2) is 6.29 Å². The third-order valence-electron chi connectivity index (χ3n) is 3.39. The zero-order valence-electron chi connectivity index (χ0n) is 12.1. The Hall–Kier alpha value is -1.68. The molecule has 0 saturated carbocycles. The molecule has 0 aliphatic heterocycles. The van der Waals surface area contributed by atoms with Gasteiger partial charge in [0.05, 0.1) is 0 Å². The van der Waals surface area contributed by atoms with Crippen LogP contribution in [0.5, 0.6) is 0 Å². The zero-order chi connectivity index (χ0) is 14.5. The van der Waals surface area contributed by atoms with Crippen LogP contribution in [0.3, 0.4) is 0 Å². The molecule has 3 heteroatoms. The number of methoxy groups -OCH3 is 1. The maximum absolute atomic E-state index is 10.1. The Bertz CT molecular complexity index is 564. The van der Waals surface area contributed by atoms with Crippen molar-refractivity contribution in [2.45, 2.75) is 20.1 Å². The van der Waals surface area contributed by atoms with E-state index in [9.17, 15) is 5.11 Å². The molecule has 0 aliphatic rings. The van der Waals surface area contributed by atoms with E-state index >= 15 is 0 Å². The molecule has 1 atom stereocenters. The van der Waals surface area contributed by atoms with E-state index in [-0.39, 0.29) is 6.79 Å². The highest BCUT2D eigenvalue weighted by Crippen LogP contribution is 2.32. The van der Waals surface area contributed by atoms with Gasteiger partial charge in [-0.2, -0.15) is 0 Å². The molecule has 1 unspecified atom stereocenters. The maximum atomic E-state index is 10.1. The number of aliphatic hydroxyl groups excluding tert-OH is 1. The molecule has 1 N–H and O–H groups in total. The number of aliphatic hydroxyl groups is 1. The molecule has 0 saturated heterocycles. The third kappa shape index (κ3) is 3.07. The summed E-state index contributed by atoms with van der Waals surface area (Å²) in [6, 6.07) is 14.1. The summed E-state index contributed by atoms with van der Waals surface area (Å²) in [7, 11) is 1.53. The normalized spacial score (nSPS) is 12.4. The summed E-state index contributed by atoms with van der Waals surface area (Å²) >= 11 is 0. The number of benzene rings is 2. The number of hydrogen-bond donors (Lipinski definition) is 1. The molecule has 0 aromatic heterocycles. The quantitative estimate of drug-likeness (QED) is 0.845. The van der Waals surface area contributed by atoms with E-state index in [2.05, 4.69) is 19.1 Å². The summed E-state index contributed by atoms with van der Waals surface area (Å²) in [5, 5.41) is 10.1. The Morgan fingerprint density at radius 2 is 1.75 bits per heavy atom. The lowest BCUT2D eigenvalue weighted by atomic mass is 9.92. The molecule has 3 nitrogen and oxygen atoms in total. The van der Waals surface area contributed by atoms with Crippen LogP contribution in [0.15, 0.2) is 42.5 Å².